The molecule has 1 aromatic heterocycles. The predicted octanol–water partition coefficient (Wildman–Crippen LogP) is 2.45. The van der Waals surface area contributed by atoms with Crippen LogP contribution in [0.5, 0.6) is 0 Å². The number of fused-ring (bicyclic) bond motifs is 1. The summed E-state index contributed by atoms with van der Waals surface area (Å²) >= 11 is 0. The van der Waals surface area contributed by atoms with Gasteiger partial charge in [0.15, 0.2) is 5.76 Å². The van der Waals surface area contributed by atoms with Gasteiger partial charge in [-0.25, -0.2) is 10.2 Å². The molecule has 10 heteroatoms. The lowest BCUT2D eigenvalue weighted by Gasteiger charge is -2.21. The number of imide groups is 1. The zero-order chi connectivity index (χ0) is 20.8. The van der Waals surface area contributed by atoms with E-state index in [9.17, 15) is 24.5 Å². The van der Waals surface area contributed by atoms with Gasteiger partial charge >= 0.3 is 11.9 Å². The van der Waals surface area contributed by atoms with Crippen LogP contribution in [0.15, 0.2) is 59.0 Å². The molecule has 1 saturated heterocycles. The number of nitrogens with zero attached hydrogens (tertiary/aromatic N) is 2. The summed E-state index contributed by atoms with van der Waals surface area (Å²) in [6.45, 7) is 1.45. The van der Waals surface area contributed by atoms with Crippen molar-refractivity contribution in [2.75, 3.05) is 0 Å². The zero-order valence-corrected chi connectivity index (χ0v) is 15.0. The highest BCUT2D eigenvalue weighted by Crippen LogP contribution is 2.29. The number of hydrogen-bond acceptors (Lipinski definition) is 6. The van der Waals surface area contributed by atoms with E-state index in [0.29, 0.717) is 21.5 Å². The van der Waals surface area contributed by atoms with E-state index in [1.807, 2.05) is 0 Å². The fourth-order valence-electron chi connectivity index (χ4n) is 3.10. The maximum atomic E-state index is 12.9. The minimum absolute atomic E-state index is 0.0595. The summed E-state index contributed by atoms with van der Waals surface area (Å²) < 4.78 is 5.44. The number of urea groups is 1. The fraction of sp³-hybridized carbons (Fsp3) is 0.105. The third-order valence-corrected chi connectivity index (χ3v) is 4.71. The van der Waals surface area contributed by atoms with Crippen LogP contribution in [-0.2, 0) is 10.3 Å². The summed E-state index contributed by atoms with van der Waals surface area (Å²) in [6.07, 6.45) is 0. The van der Waals surface area contributed by atoms with Gasteiger partial charge in [-0.1, -0.05) is 18.2 Å². The molecule has 10 nitrogen and oxygen atoms in total. The van der Waals surface area contributed by atoms with Gasteiger partial charge in [-0.3, -0.25) is 19.7 Å². The number of para-hydroxylation sites is 1. The first kappa shape index (κ1) is 18.2. The Hall–Kier alpha value is -4.21. The summed E-state index contributed by atoms with van der Waals surface area (Å²) in [5.74, 6) is -1.56. The number of rotatable bonds is 4. The van der Waals surface area contributed by atoms with Crippen LogP contribution < -0.4 is 10.7 Å². The number of benzene rings is 2. The molecule has 4 rings (SSSR count). The van der Waals surface area contributed by atoms with Gasteiger partial charge in [0, 0.05) is 17.5 Å². The number of furan rings is 1. The number of nitro groups is 1. The van der Waals surface area contributed by atoms with E-state index in [-0.39, 0.29) is 11.4 Å². The highest BCUT2D eigenvalue weighted by Gasteiger charge is 2.50. The van der Waals surface area contributed by atoms with Crippen molar-refractivity contribution in [2.45, 2.75) is 12.5 Å². The molecule has 29 heavy (non-hydrogen) atoms. The Kier molecular flexibility index (Phi) is 4.04. The zero-order valence-electron chi connectivity index (χ0n) is 15.0. The highest BCUT2D eigenvalue weighted by molar-refractivity contribution is 6.09. The molecule has 1 aliphatic heterocycles. The van der Waals surface area contributed by atoms with Gasteiger partial charge in [-0.15, -0.1) is 0 Å². The van der Waals surface area contributed by atoms with E-state index < -0.39 is 28.3 Å². The number of hydrogen-bond donors (Lipinski definition) is 2. The first-order valence-corrected chi connectivity index (χ1v) is 8.51. The van der Waals surface area contributed by atoms with Crippen molar-refractivity contribution in [3.8, 4) is 0 Å². The molecule has 3 aromatic rings. The van der Waals surface area contributed by atoms with E-state index in [0.717, 1.165) is 0 Å². The Labute approximate surface area is 163 Å². The van der Waals surface area contributed by atoms with Crippen molar-refractivity contribution >= 4 is 34.5 Å². The molecular formula is C19H14N4O6. The topological polar surface area (TPSA) is 135 Å². The number of nitro benzene ring substituents is 1. The van der Waals surface area contributed by atoms with Gasteiger partial charge in [0.25, 0.3) is 11.6 Å². The van der Waals surface area contributed by atoms with Crippen LogP contribution in [0.3, 0.4) is 0 Å². The average Bonchev–Trinajstić information content (AvgIpc) is 3.23. The number of non-ortho nitro benzene ring substituents is 1. The SMILES string of the molecule is C[C@@]1(c2ccc([N+](=O)[O-])cc2)NC(=O)N(NC(=O)c2cc3ccccc3o2)C1=O. The first-order chi connectivity index (χ1) is 13.8. The van der Waals surface area contributed by atoms with Crippen LogP contribution in [0.4, 0.5) is 10.5 Å². The van der Waals surface area contributed by atoms with Crippen molar-refractivity contribution in [1.82, 2.24) is 15.8 Å². The Balaban J connectivity index is 1.57. The van der Waals surface area contributed by atoms with Gasteiger partial charge in [0.05, 0.1) is 4.92 Å². The maximum absolute atomic E-state index is 12.9. The van der Waals surface area contributed by atoms with Crippen molar-refractivity contribution in [3.05, 3.63) is 76.0 Å². The second-order valence-corrected chi connectivity index (χ2v) is 6.59. The van der Waals surface area contributed by atoms with Gasteiger partial charge in [-0.05, 0) is 36.8 Å². The van der Waals surface area contributed by atoms with Crippen molar-refractivity contribution < 1.29 is 23.7 Å². The monoisotopic (exact) mass is 394 g/mol. The Morgan fingerprint density at radius 1 is 1.17 bits per heavy atom. The van der Waals surface area contributed by atoms with E-state index >= 15 is 0 Å². The lowest BCUT2D eigenvalue weighted by atomic mass is 9.92. The van der Waals surface area contributed by atoms with Crippen molar-refractivity contribution in [1.29, 1.82) is 0 Å². The average molecular weight is 394 g/mol. The second-order valence-electron chi connectivity index (χ2n) is 6.59. The van der Waals surface area contributed by atoms with Gasteiger partial charge < -0.3 is 9.73 Å². The molecule has 0 radical (unpaired) electrons. The molecule has 0 aliphatic carbocycles. The van der Waals surface area contributed by atoms with Gasteiger partial charge in [0.1, 0.15) is 11.1 Å². The van der Waals surface area contributed by atoms with E-state index in [4.69, 9.17) is 4.42 Å². The quantitative estimate of drug-likeness (QED) is 0.396. The summed E-state index contributed by atoms with van der Waals surface area (Å²) in [6, 6.07) is 12.9. The lowest BCUT2D eigenvalue weighted by molar-refractivity contribution is -0.384. The largest absolute Gasteiger partial charge is 0.451 e. The molecule has 2 N–H and O–H groups in total. The Morgan fingerprint density at radius 3 is 2.52 bits per heavy atom. The molecule has 2 aromatic carbocycles. The van der Waals surface area contributed by atoms with E-state index in [1.54, 1.807) is 24.3 Å². The first-order valence-electron chi connectivity index (χ1n) is 8.51. The fourth-order valence-corrected chi connectivity index (χ4v) is 3.10. The third kappa shape index (κ3) is 2.96. The molecule has 0 spiro atoms. The minimum atomic E-state index is -1.49. The summed E-state index contributed by atoms with van der Waals surface area (Å²) in [5.41, 5.74) is 1.43. The molecular weight excluding hydrogens is 380 g/mol. The second kappa shape index (κ2) is 6.44. The van der Waals surface area contributed by atoms with E-state index in [1.165, 1.54) is 37.3 Å². The molecule has 1 aliphatic rings. The summed E-state index contributed by atoms with van der Waals surface area (Å²) in [4.78, 5) is 47.9. The van der Waals surface area contributed by atoms with Crippen LogP contribution in [0.1, 0.15) is 23.0 Å². The molecule has 2 heterocycles. The van der Waals surface area contributed by atoms with Crippen molar-refractivity contribution in [2.24, 2.45) is 0 Å². The van der Waals surface area contributed by atoms with E-state index in [2.05, 4.69) is 10.7 Å². The van der Waals surface area contributed by atoms with Crippen molar-refractivity contribution in [3.63, 3.8) is 0 Å². The Morgan fingerprint density at radius 2 is 1.86 bits per heavy atom. The third-order valence-electron chi connectivity index (χ3n) is 4.71. The summed E-state index contributed by atoms with van der Waals surface area (Å²) in [5, 5.41) is 14.6. The number of amides is 4. The normalized spacial score (nSPS) is 18.7. The molecule has 1 atom stereocenters. The molecule has 0 bridgehead atoms. The minimum Gasteiger partial charge on any atom is -0.451 e. The Bertz CT molecular complexity index is 1140. The van der Waals surface area contributed by atoms with Crippen LogP contribution in [0.2, 0.25) is 0 Å². The molecule has 4 amide bonds. The lowest BCUT2D eigenvalue weighted by Crippen LogP contribution is -2.47. The van der Waals surface area contributed by atoms with Crippen LogP contribution in [-0.4, -0.2) is 27.8 Å². The number of nitrogens with one attached hydrogen (secondary N) is 2. The number of hydrazine groups is 1. The summed E-state index contributed by atoms with van der Waals surface area (Å²) in [7, 11) is 0. The van der Waals surface area contributed by atoms with Gasteiger partial charge in [0.2, 0.25) is 0 Å². The molecule has 0 saturated carbocycles. The molecule has 146 valence electrons. The molecule has 1 fully saturated rings. The van der Waals surface area contributed by atoms with Crippen LogP contribution >= 0.6 is 0 Å². The standard InChI is InChI=1S/C19H14N4O6/c1-19(12-6-8-13(9-7-12)23(27)28)17(25)22(18(26)20-19)21-16(24)15-10-11-4-2-3-5-14(11)29-15/h2-10H,1H3,(H,20,26)(H,21,24)/t19-/m0/s1. The number of carbonyl (C=O) groups is 3. The van der Waals surface area contributed by atoms with Gasteiger partial charge in [-0.2, -0.15) is 5.01 Å². The molecule has 0 unspecified atom stereocenters. The van der Waals surface area contributed by atoms with Crippen LogP contribution in [0.25, 0.3) is 11.0 Å². The maximum Gasteiger partial charge on any atom is 0.344 e. The van der Waals surface area contributed by atoms with Crippen LogP contribution in [0, 0.1) is 10.1 Å². The highest BCUT2D eigenvalue weighted by atomic mass is 16.6. The number of carbonyl (C=O) groups excluding carboxylic acids is 3. The predicted molar refractivity (Wildman–Crippen MR) is 99.5 cm³/mol. The smallest absolute Gasteiger partial charge is 0.344 e.